The van der Waals surface area contributed by atoms with Gasteiger partial charge < -0.3 is 15.0 Å². The number of carbonyl (C=O) groups is 1. The zero-order valence-electron chi connectivity index (χ0n) is 14.6. The number of hydrogen-bond donors (Lipinski definition) is 2. The van der Waals surface area contributed by atoms with Crippen LogP contribution < -0.4 is 10.1 Å². The van der Waals surface area contributed by atoms with Crippen molar-refractivity contribution in [2.24, 2.45) is 0 Å². The van der Waals surface area contributed by atoms with Gasteiger partial charge in [0.05, 0.1) is 29.4 Å². The van der Waals surface area contributed by atoms with Gasteiger partial charge in [-0.15, -0.1) is 0 Å². The van der Waals surface area contributed by atoms with E-state index in [2.05, 4.69) is 15.3 Å². The molecular formula is C19H20FN3O2S. The van der Waals surface area contributed by atoms with Crippen molar-refractivity contribution in [2.45, 2.75) is 25.0 Å². The molecule has 5 nitrogen and oxygen atoms in total. The number of nitrogens with one attached hydrogen (secondary N) is 2. The minimum absolute atomic E-state index is 0.109. The number of thioether (sulfide) groups is 1. The van der Waals surface area contributed by atoms with Crippen molar-refractivity contribution in [1.82, 2.24) is 15.3 Å². The van der Waals surface area contributed by atoms with Crippen LogP contribution in [0.1, 0.15) is 25.5 Å². The molecule has 1 aromatic heterocycles. The molecule has 1 atom stereocenters. The Morgan fingerprint density at radius 1 is 1.31 bits per heavy atom. The molecular weight excluding hydrogens is 353 g/mol. The van der Waals surface area contributed by atoms with Crippen LogP contribution in [0.25, 0.3) is 11.0 Å². The number of H-pyrrole nitrogens is 1. The summed E-state index contributed by atoms with van der Waals surface area (Å²) in [6.07, 6.45) is 0. The van der Waals surface area contributed by atoms with Crippen molar-refractivity contribution in [3.05, 3.63) is 53.8 Å². The molecule has 3 aromatic rings. The van der Waals surface area contributed by atoms with Crippen LogP contribution in [0, 0.1) is 5.82 Å². The summed E-state index contributed by atoms with van der Waals surface area (Å²) in [6.45, 7) is 4.41. The van der Waals surface area contributed by atoms with Crippen LogP contribution in [0.15, 0.2) is 47.6 Å². The number of imidazole rings is 1. The molecule has 0 aliphatic rings. The van der Waals surface area contributed by atoms with Gasteiger partial charge in [0, 0.05) is 6.07 Å². The van der Waals surface area contributed by atoms with Crippen LogP contribution in [-0.4, -0.2) is 28.2 Å². The Morgan fingerprint density at radius 2 is 2.08 bits per heavy atom. The smallest absolute Gasteiger partial charge is 0.230 e. The number of nitrogens with zero attached hydrogens (tertiary/aromatic N) is 1. The second-order valence-electron chi connectivity index (χ2n) is 5.78. The Balaban J connectivity index is 1.57. The number of amides is 1. The summed E-state index contributed by atoms with van der Waals surface area (Å²) in [5, 5.41) is 3.58. The van der Waals surface area contributed by atoms with Crippen LogP contribution in [0.3, 0.4) is 0 Å². The Bertz CT molecular complexity index is 895. The number of aromatic amines is 1. The zero-order valence-corrected chi connectivity index (χ0v) is 15.4. The summed E-state index contributed by atoms with van der Waals surface area (Å²) < 4.78 is 18.4. The van der Waals surface area contributed by atoms with E-state index < -0.39 is 0 Å². The molecule has 1 heterocycles. The lowest BCUT2D eigenvalue weighted by Crippen LogP contribution is -2.28. The second kappa shape index (κ2) is 8.23. The first-order valence-corrected chi connectivity index (χ1v) is 9.34. The highest BCUT2D eigenvalue weighted by Gasteiger charge is 2.12. The third-order valence-electron chi connectivity index (χ3n) is 3.83. The standard InChI is InChI=1S/C19H20FN3O2S/c1-3-25-15-8-9-16-17(10-15)23-19(22-16)26-11-18(24)21-12(2)13-4-6-14(20)7-5-13/h4-10,12H,3,11H2,1-2H3,(H,21,24)(H,22,23). The number of fused-ring (bicyclic) bond motifs is 1. The Kier molecular flexibility index (Phi) is 5.78. The molecule has 26 heavy (non-hydrogen) atoms. The highest BCUT2D eigenvalue weighted by Crippen LogP contribution is 2.23. The highest BCUT2D eigenvalue weighted by atomic mass is 32.2. The maximum absolute atomic E-state index is 13.0. The van der Waals surface area contributed by atoms with Crippen molar-refractivity contribution >= 4 is 28.7 Å². The summed E-state index contributed by atoms with van der Waals surface area (Å²) >= 11 is 1.33. The van der Waals surface area contributed by atoms with E-state index in [9.17, 15) is 9.18 Å². The van der Waals surface area contributed by atoms with E-state index in [0.717, 1.165) is 22.3 Å². The average Bonchev–Trinajstić information content (AvgIpc) is 3.03. The topological polar surface area (TPSA) is 67.0 Å². The maximum atomic E-state index is 13.0. The number of halogens is 1. The lowest BCUT2D eigenvalue weighted by atomic mass is 10.1. The van der Waals surface area contributed by atoms with Crippen molar-refractivity contribution in [2.75, 3.05) is 12.4 Å². The molecule has 0 fully saturated rings. The van der Waals surface area contributed by atoms with E-state index in [0.29, 0.717) is 11.8 Å². The van der Waals surface area contributed by atoms with Gasteiger partial charge in [-0.1, -0.05) is 23.9 Å². The fraction of sp³-hybridized carbons (Fsp3) is 0.263. The van der Waals surface area contributed by atoms with Gasteiger partial charge in [0.2, 0.25) is 5.91 Å². The van der Waals surface area contributed by atoms with Gasteiger partial charge in [0.15, 0.2) is 5.16 Å². The van der Waals surface area contributed by atoms with Crippen LogP contribution in [0.2, 0.25) is 0 Å². The predicted octanol–water partition coefficient (Wildman–Crippen LogP) is 4.07. The molecule has 1 amide bonds. The summed E-state index contributed by atoms with van der Waals surface area (Å²) in [6, 6.07) is 11.6. The van der Waals surface area contributed by atoms with Gasteiger partial charge in [0.1, 0.15) is 11.6 Å². The van der Waals surface area contributed by atoms with E-state index >= 15 is 0 Å². The molecule has 1 unspecified atom stereocenters. The Labute approximate surface area is 155 Å². The molecule has 136 valence electrons. The van der Waals surface area contributed by atoms with Crippen LogP contribution in [-0.2, 0) is 4.79 Å². The van der Waals surface area contributed by atoms with Gasteiger partial charge in [-0.3, -0.25) is 4.79 Å². The van der Waals surface area contributed by atoms with Gasteiger partial charge >= 0.3 is 0 Å². The van der Waals surface area contributed by atoms with Crippen molar-refractivity contribution < 1.29 is 13.9 Å². The number of aromatic nitrogens is 2. The quantitative estimate of drug-likeness (QED) is 0.613. The van der Waals surface area contributed by atoms with E-state index in [1.54, 1.807) is 12.1 Å². The van der Waals surface area contributed by atoms with Crippen molar-refractivity contribution in [3.8, 4) is 5.75 Å². The molecule has 2 aromatic carbocycles. The number of hydrogen-bond acceptors (Lipinski definition) is 4. The van der Waals surface area contributed by atoms with Gasteiger partial charge in [-0.05, 0) is 43.7 Å². The first-order chi connectivity index (χ1) is 12.5. The minimum atomic E-state index is -0.291. The number of carbonyl (C=O) groups excluding carboxylic acids is 1. The highest BCUT2D eigenvalue weighted by molar-refractivity contribution is 7.99. The summed E-state index contributed by atoms with van der Waals surface area (Å²) in [5.41, 5.74) is 2.56. The third-order valence-corrected chi connectivity index (χ3v) is 4.70. The SMILES string of the molecule is CCOc1ccc2nc(SCC(=O)NC(C)c3ccc(F)cc3)[nH]c2c1. The molecule has 0 spiro atoms. The van der Waals surface area contributed by atoms with Crippen molar-refractivity contribution in [1.29, 1.82) is 0 Å². The lowest BCUT2D eigenvalue weighted by Gasteiger charge is -2.13. The summed E-state index contributed by atoms with van der Waals surface area (Å²) in [5.74, 6) is 0.623. The first-order valence-electron chi connectivity index (χ1n) is 8.35. The van der Waals surface area contributed by atoms with E-state index in [1.807, 2.05) is 32.0 Å². The fourth-order valence-electron chi connectivity index (χ4n) is 2.54. The van der Waals surface area contributed by atoms with E-state index in [1.165, 1.54) is 23.9 Å². The normalized spacial score (nSPS) is 12.1. The number of rotatable bonds is 7. The van der Waals surface area contributed by atoms with E-state index in [-0.39, 0.29) is 23.5 Å². The zero-order chi connectivity index (χ0) is 18.5. The van der Waals surface area contributed by atoms with Gasteiger partial charge in [-0.2, -0.15) is 0 Å². The van der Waals surface area contributed by atoms with Crippen LogP contribution >= 0.6 is 11.8 Å². The molecule has 0 bridgehead atoms. The molecule has 0 radical (unpaired) electrons. The molecule has 2 N–H and O–H groups in total. The third kappa shape index (κ3) is 4.54. The van der Waals surface area contributed by atoms with Crippen LogP contribution in [0.5, 0.6) is 5.75 Å². The molecule has 0 aliphatic heterocycles. The summed E-state index contributed by atoms with van der Waals surface area (Å²) in [7, 11) is 0. The maximum Gasteiger partial charge on any atom is 0.230 e. The fourth-order valence-corrected chi connectivity index (χ4v) is 3.24. The lowest BCUT2D eigenvalue weighted by molar-refractivity contribution is -0.119. The predicted molar refractivity (Wildman–Crippen MR) is 101 cm³/mol. The van der Waals surface area contributed by atoms with E-state index in [4.69, 9.17) is 4.74 Å². The molecule has 0 aliphatic carbocycles. The number of benzene rings is 2. The minimum Gasteiger partial charge on any atom is -0.494 e. The largest absolute Gasteiger partial charge is 0.494 e. The molecule has 3 rings (SSSR count). The summed E-state index contributed by atoms with van der Waals surface area (Å²) in [4.78, 5) is 19.8. The monoisotopic (exact) mass is 373 g/mol. The Hall–Kier alpha value is -2.54. The Morgan fingerprint density at radius 3 is 2.81 bits per heavy atom. The number of ether oxygens (including phenoxy) is 1. The molecule has 7 heteroatoms. The molecule has 0 saturated carbocycles. The van der Waals surface area contributed by atoms with Gasteiger partial charge in [-0.25, -0.2) is 9.37 Å². The first kappa shape index (κ1) is 18.3. The average molecular weight is 373 g/mol. The molecule has 0 saturated heterocycles. The second-order valence-corrected chi connectivity index (χ2v) is 6.75. The van der Waals surface area contributed by atoms with Crippen molar-refractivity contribution in [3.63, 3.8) is 0 Å². The van der Waals surface area contributed by atoms with Crippen LogP contribution in [0.4, 0.5) is 4.39 Å². The van der Waals surface area contributed by atoms with Gasteiger partial charge in [0.25, 0.3) is 0 Å².